The van der Waals surface area contributed by atoms with Gasteiger partial charge in [0.15, 0.2) is 10.8 Å². The predicted molar refractivity (Wildman–Crippen MR) is 108 cm³/mol. The first-order valence-corrected chi connectivity index (χ1v) is 9.34. The fourth-order valence-corrected chi connectivity index (χ4v) is 3.94. The number of amides is 1. The Hall–Kier alpha value is -3.78. The normalized spacial score (nSPS) is 11.1. The Labute approximate surface area is 162 Å². The zero-order valence-electron chi connectivity index (χ0n) is 14.4. The molecule has 0 fully saturated rings. The van der Waals surface area contributed by atoms with E-state index in [1.54, 1.807) is 10.7 Å². The van der Waals surface area contributed by atoms with E-state index in [4.69, 9.17) is 0 Å². The van der Waals surface area contributed by atoms with E-state index in [2.05, 4.69) is 15.3 Å². The molecule has 0 radical (unpaired) electrons. The van der Waals surface area contributed by atoms with Crippen molar-refractivity contribution in [2.45, 2.75) is 0 Å². The first kappa shape index (κ1) is 16.4. The van der Waals surface area contributed by atoms with Gasteiger partial charge < -0.3 is 0 Å². The molecule has 0 spiro atoms. The summed E-state index contributed by atoms with van der Waals surface area (Å²) < 4.78 is 3.93. The largest absolute Gasteiger partial charge is 0.296 e. The molecule has 1 N–H and O–H groups in total. The molecule has 7 nitrogen and oxygen atoms in total. The van der Waals surface area contributed by atoms with Crippen LogP contribution in [0.2, 0.25) is 0 Å². The number of thiazole rings is 1. The van der Waals surface area contributed by atoms with Crippen LogP contribution in [0.4, 0.5) is 5.13 Å². The third kappa shape index (κ3) is 2.67. The Morgan fingerprint density at radius 3 is 2.61 bits per heavy atom. The van der Waals surface area contributed by atoms with Crippen LogP contribution in [-0.2, 0) is 0 Å². The van der Waals surface area contributed by atoms with Crippen molar-refractivity contribution in [1.82, 2.24) is 19.2 Å². The predicted octanol–water partition coefficient (Wildman–Crippen LogP) is 3.35. The van der Waals surface area contributed by atoms with E-state index >= 15 is 0 Å². The SMILES string of the molecule is O=C(Nc1nc2ccccc2s1)c1cc2nccc(=O)n2n1-c1ccccc1. The number of benzene rings is 2. The fraction of sp³-hybridized carbons (Fsp3) is 0. The lowest BCUT2D eigenvalue weighted by molar-refractivity contribution is 0.101. The molecule has 0 unspecified atom stereocenters. The number of hydrogen-bond donors (Lipinski definition) is 1. The van der Waals surface area contributed by atoms with Gasteiger partial charge in [0.05, 0.1) is 15.9 Å². The summed E-state index contributed by atoms with van der Waals surface area (Å²) >= 11 is 1.40. The van der Waals surface area contributed by atoms with Gasteiger partial charge in [0, 0.05) is 18.3 Å². The van der Waals surface area contributed by atoms with E-state index in [9.17, 15) is 9.59 Å². The van der Waals surface area contributed by atoms with Crippen LogP contribution in [0.3, 0.4) is 0 Å². The molecule has 5 aromatic rings. The number of carbonyl (C=O) groups is 1. The van der Waals surface area contributed by atoms with Crippen molar-refractivity contribution in [1.29, 1.82) is 0 Å². The summed E-state index contributed by atoms with van der Waals surface area (Å²) in [6, 6.07) is 19.8. The lowest BCUT2D eigenvalue weighted by Gasteiger charge is -2.10. The van der Waals surface area contributed by atoms with Crippen molar-refractivity contribution in [2.75, 3.05) is 5.32 Å². The van der Waals surface area contributed by atoms with Crippen LogP contribution < -0.4 is 10.9 Å². The Morgan fingerprint density at radius 1 is 1.00 bits per heavy atom. The number of carbonyl (C=O) groups excluding carboxylic acids is 1. The molecule has 0 aliphatic carbocycles. The number of nitrogens with zero attached hydrogens (tertiary/aromatic N) is 4. The van der Waals surface area contributed by atoms with E-state index < -0.39 is 0 Å². The van der Waals surface area contributed by atoms with Crippen molar-refractivity contribution in [3.05, 3.63) is 89.0 Å². The zero-order chi connectivity index (χ0) is 19.1. The van der Waals surface area contributed by atoms with Crippen LogP contribution in [0.5, 0.6) is 0 Å². The maximum absolute atomic E-state index is 13.1. The fourth-order valence-electron chi connectivity index (χ4n) is 3.08. The Bertz CT molecular complexity index is 1350. The number of anilines is 1. The molecule has 0 atom stereocenters. The highest BCUT2D eigenvalue weighted by Gasteiger charge is 2.20. The van der Waals surface area contributed by atoms with Gasteiger partial charge in [-0.15, -0.1) is 0 Å². The van der Waals surface area contributed by atoms with Gasteiger partial charge in [0.2, 0.25) is 0 Å². The lowest BCUT2D eigenvalue weighted by atomic mass is 10.3. The van der Waals surface area contributed by atoms with Crippen molar-refractivity contribution in [2.24, 2.45) is 0 Å². The van der Waals surface area contributed by atoms with Gasteiger partial charge in [-0.2, -0.15) is 4.52 Å². The second kappa shape index (κ2) is 6.43. The average molecular weight is 387 g/mol. The quantitative estimate of drug-likeness (QED) is 0.515. The Balaban J connectivity index is 1.64. The first-order valence-electron chi connectivity index (χ1n) is 8.53. The summed E-state index contributed by atoms with van der Waals surface area (Å²) in [5.74, 6) is -0.368. The summed E-state index contributed by atoms with van der Waals surface area (Å²) in [5, 5.41) is 3.34. The topological polar surface area (TPSA) is 81.3 Å². The molecule has 1 amide bonds. The van der Waals surface area contributed by atoms with Gasteiger partial charge in [-0.25, -0.2) is 14.6 Å². The molecule has 5 rings (SSSR count). The summed E-state index contributed by atoms with van der Waals surface area (Å²) in [6.07, 6.45) is 1.43. The molecule has 0 aliphatic rings. The monoisotopic (exact) mass is 387 g/mol. The molecule has 0 bridgehead atoms. The van der Waals surface area contributed by atoms with Crippen molar-refractivity contribution >= 4 is 38.2 Å². The molecule has 28 heavy (non-hydrogen) atoms. The highest BCUT2D eigenvalue weighted by atomic mass is 32.1. The van der Waals surface area contributed by atoms with E-state index in [1.165, 1.54) is 28.1 Å². The highest BCUT2D eigenvalue weighted by molar-refractivity contribution is 7.22. The second-order valence-corrected chi connectivity index (χ2v) is 7.10. The lowest BCUT2D eigenvalue weighted by Crippen LogP contribution is -2.23. The zero-order valence-corrected chi connectivity index (χ0v) is 15.3. The third-order valence-electron chi connectivity index (χ3n) is 4.29. The van der Waals surface area contributed by atoms with Crippen LogP contribution in [0.25, 0.3) is 21.6 Å². The summed E-state index contributed by atoms with van der Waals surface area (Å²) in [6.45, 7) is 0. The number of para-hydroxylation sites is 2. The van der Waals surface area contributed by atoms with Gasteiger partial charge in [0.25, 0.3) is 11.5 Å². The number of fused-ring (bicyclic) bond motifs is 2. The molecular weight excluding hydrogens is 374 g/mol. The Morgan fingerprint density at radius 2 is 1.79 bits per heavy atom. The smallest absolute Gasteiger partial charge is 0.276 e. The van der Waals surface area contributed by atoms with Gasteiger partial charge in [-0.05, 0) is 24.3 Å². The van der Waals surface area contributed by atoms with Gasteiger partial charge in [0.1, 0.15) is 5.69 Å². The van der Waals surface area contributed by atoms with Crippen LogP contribution in [-0.4, -0.2) is 25.1 Å². The summed E-state index contributed by atoms with van der Waals surface area (Å²) in [7, 11) is 0. The minimum Gasteiger partial charge on any atom is -0.296 e. The second-order valence-electron chi connectivity index (χ2n) is 6.07. The van der Waals surface area contributed by atoms with Gasteiger partial charge >= 0.3 is 0 Å². The van der Waals surface area contributed by atoms with Gasteiger partial charge in [-0.3, -0.25) is 14.9 Å². The average Bonchev–Trinajstić information content (AvgIpc) is 3.30. The van der Waals surface area contributed by atoms with E-state index in [1.807, 2.05) is 54.6 Å². The maximum atomic E-state index is 13.1. The minimum atomic E-state index is -0.368. The summed E-state index contributed by atoms with van der Waals surface area (Å²) in [5.41, 5.74) is 1.92. The first-order chi connectivity index (χ1) is 13.7. The molecule has 8 heteroatoms. The molecular formula is C20H13N5O2S. The standard InChI is InChI=1S/C20H13N5O2S/c26-18-10-11-21-17-12-15(24(25(17)18)13-6-2-1-3-7-13)19(27)23-20-22-14-8-4-5-9-16(14)28-20/h1-12H,(H,22,23,27). The third-order valence-corrected chi connectivity index (χ3v) is 5.24. The highest BCUT2D eigenvalue weighted by Crippen LogP contribution is 2.26. The number of aromatic nitrogens is 4. The van der Waals surface area contributed by atoms with E-state index in [0.29, 0.717) is 22.2 Å². The van der Waals surface area contributed by atoms with Gasteiger partial charge in [-0.1, -0.05) is 41.7 Å². The molecule has 136 valence electrons. The molecule has 0 aliphatic heterocycles. The molecule has 0 saturated carbocycles. The number of rotatable bonds is 3. The van der Waals surface area contributed by atoms with Crippen LogP contribution in [0, 0.1) is 0 Å². The maximum Gasteiger partial charge on any atom is 0.276 e. The minimum absolute atomic E-state index is 0.270. The van der Waals surface area contributed by atoms with Crippen LogP contribution in [0.1, 0.15) is 10.5 Å². The van der Waals surface area contributed by atoms with Crippen molar-refractivity contribution in [3.63, 3.8) is 0 Å². The van der Waals surface area contributed by atoms with Crippen molar-refractivity contribution in [3.8, 4) is 5.69 Å². The van der Waals surface area contributed by atoms with E-state index in [0.717, 1.165) is 10.2 Å². The Kier molecular flexibility index (Phi) is 3.77. The van der Waals surface area contributed by atoms with Crippen LogP contribution in [0.15, 0.2) is 77.7 Å². The number of nitrogens with one attached hydrogen (secondary N) is 1. The molecule has 3 aromatic heterocycles. The van der Waals surface area contributed by atoms with Crippen LogP contribution >= 0.6 is 11.3 Å². The molecule has 0 saturated heterocycles. The number of hydrogen-bond acceptors (Lipinski definition) is 5. The molecule has 2 aromatic carbocycles. The molecule has 3 heterocycles. The summed E-state index contributed by atoms with van der Waals surface area (Å²) in [4.78, 5) is 34.2. The van der Waals surface area contributed by atoms with Crippen molar-refractivity contribution < 1.29 is 4.79 Å². The van der Waals surface area contributed by atoms with E-state index in [-0.39, 0.29) is 11.5 Å².